The Labute approximate surface area is 173 Å². The van der Waals surface area contributed by atoms with Crippen molar-refractivity contribution in [3.63, 3.8) is 0 Å². The molecule has 1 aromatic heterocycles. The third kappa shape index (κ3) is 5.14. The molecule has 0 spiro atoms. The van der Waals surface area contributed by atoms with E-state index in [0.717, 1.165) is 22.6 Å². The molecule has 0 aliphatic rings. The quantitative estimate of drug-likeness (QED) is 0.298. The third-order valence-corrected chi connectivity index (χ3v) is 4.59. The van der Waals surface area contributed by atoms with E-state index in [1.807, 2.05) is 53.4 Å². The van der Waals surface area contributed by atoms with Crippen LogP contribution in [0.5, 0.6) is 11.5 Å². The summed E-state index contributed by atoms with van der Waals surface area (Å²) in [6, 6.07) is 17.8. The number of ether oxygens (including phenoxy) is 2. The molecule has 150 valence electrons. The average molecular weight is 414 g/mol. The standard InChI is InChI=1S/C21H20ClN3O4/c1-28-17-7-3-15(4-8-17)13-24(14-16-5-9-18(29-2)10-6-16)21-19(25(26)27)11-12-20(22)23-21/h3-12H,13-14H2,1-2H3. The van der Waals surface area contributed by atoms with E-state index >= 15 is 0 Å². The summed E-state index contributed by atoms with van der Waals surface area (Å²) in [5.41, 5.74) is 1.81. The second-order valence-corrected chi connectivity index (χ2v) is 6.67. The Bertz CT molecular complexity index is 929. The molecule has 3 aromatic rings. The highest BCUT2D eigenvalue weighted by molar-refractivity contribution is 6.29. The van der Waals surface area contributed by atoms with E-state index < -0.39 is 4.92 Å². The largest absolute Gasteiger partial charge is 0.497 e. The lowest BCUT2D eigenvalue weighted by Gasteiger charge is -2.24. The molecule has 0 saturated heterocycles. The lowest BCUT2D eigenvalue weighted by Crippen LogP contribution is -2.24. The molecule has 2 aromatic carbocycles. The van der Waals surface area contributed by atoms with Crippen molar-refractivity contribution in [3.05, 3.63) is 87.1 Å². The number of pyridine rings is 1. The van der Waals surface area contributed by atoms with Crippen LogP contribution in [0.25, 0.3) is 0 Å². The number of aromatic nitrogens is 1. The van der Waals surface area contributed by atoms with Gasteiger partial charge in [-0.15, -0.1) is 0 Å². The summed E-state index contributed by atoms with van der Waals surface area (Å²) in [7, 11) is 3.20. The highest BCUT2D eigenvalue weighted by atomic mass is 35.5. The summed E-state index contributed by atoms with van der Waals surface area (Å²) in [5, 5.41) is 11.8. The molecule has 8 heteroatoms. The van der Waals surface area contributed by atoms with Gasteiger partial charge in [0.15, 0.2) is 0 Å². The minimum absolute atomic E-state index is 0.101. The number of halogens is 1. The second-order valence-electron chi connectivity index (χ2n) is 6.29. The predicted octanol–water partition coefficient (Wildman–Crippen LogP) is 4.87. The van der Waals surface area contributed by atoms with Crippen LogP contribution in [0, 0.1) is 10.1 Å². The number of nitro groups is 1. The summed E-state index contributed by atoms with van der Waals surface area (Å²) in [4.78, 5) is 17.2. The van der Waals surface area contributed by atoms with E-state index in [9.17, 15) is 10.1 Å². The van der Waals surface area contributed by atoms with Crippen molar-refractivity contribution in [2.45, 2.75) is 13.1 Å². The lowest BCUT2D eigenvalue weighted by atomic mass is 10.1. The zero-order chi connectivity index (χ0) is 20.8. The van der Waals surface area contributed by atoms with E-state index in [1.54, 1.807) is 14.2 Å². The number of benzene rings is 2. The first-order chi connectivity index (χ1) is 14.0. The van der Waals surface area contributed by atoms with Gasteiger partial charge in [-0.05, 0) is 41.5 Å². The average Bonchev–Trinajstić information content (AvgIpc) is 2.74. The number of nitrogens with zero attached hydrogens (tertiary/aromatic N) is 3. The molecule has 0 radical (unpaired) electrons. The molecule has 0 atom stereocenters. The van der Waals surface area contributed by atoms with Crippen molar-refractivity contribution >= 4 is 23.1 Å². The zero-order valence-corrected chi connectivity index (χ0v) is 16.8. The Morgan fingerprint density at radius 3 is 1.79 bits per heavy atom. The summed E-state index contributed by atoms with van der Waals surface area (Å²) in [5.74, 6) is 1.69. The fourth-order valence-corrected chi connectivity index (χ4v) is 3.04. The maximum absolute atomic E-state index is 11.6. The topological polar surface area (TPSA) is 77.7 Å². The molecular formula is C21H20ClN3O4. The van der Waals surface area contributed by atoms with Gasteiger partial charge in [-0.25, -0.2) is 4.98 Å². The molecule has 0 aliphatic heterocycles. The molecule has 0 aliphatic carbocycles. The number of rotatable bonds is 8. The van der Waals surface area contributed by atoms with E-state index in [0.29, 0.717) is 13.1 Å². The summed E-state index contributed by atoms with van der Waals surface area (Å²) in [6.45, 7) is 0.814. The van der Waals surface area contributed by atoms with Gasteiger partial charge >= 0.3 is 5.69 Å². The van der Waals surface area contributed by atoms with E-state index in [2.05, 4.69) is 4.98 Å². The smallest absolute Gasteiger partial charge is 0.311 e. The van der Waals surface area contributed by atoms with Crippen molar-refractivity contribution < 1.29 is 14.4 Å². The van der Waals surface area contributed by atoms with Crippen molar-refractivity contribution in [2.24, 2.45) is 0 Å². The molecular weight excluding hydrogens is 394 g/mol. The van der Waals surface area contributed by atoms with Gasteiger partial charge < -0.3 is 14.4 Å². The van der Waals surface area contributed by atoms with Crippen LogP contribution in [0.3, 0.4) is 0 Å². The van der Waals surface area contributed by atoms with Crippen LogP contribution in [-0.4, -0.2) is 24.1 Å². The molecule has 0 amide bonds. The summed E-state index contributed by atoms with van der Waals surface area (Å²) < 4.78 is 10.4. The van der Waals surface area contributed by atoms with Crippen LogP contribution < -0.4 is 14.4 Å². The van der Waals surface area contributed by atoms with Crippen LogP contribution in [0.2, 0.25) is 5.15 Å². The third-order valence-electron chi connectivity index (χ3n) is 4.38. The normalized spacial score (nSPS) is 10.4. The molecule has 29 heavy (non-hydrogen) atoms. The van der Waals surface area contributed by atoms with E-state index in [4.69, 9.17) is 21.1 Å². The maximum atomic E-state index is 11.6. The summed E-state index contributed by atoms with van der Waals surface area (Å²) >= 11 is 6.06. The van der Waals surface area contributed by atoms with Gasteiger partial charge in [-0.2, -0.15) is 0 Å². The molecule has 0 N–H and O–H groups in total. The van der Waals surface area contributed by atoms with Crippen molar-refractivity contribution in [1.82, 2.24) is 4.98 Å². The first-order valence-corrected chi connectivity index (χ1v) is 9.19. The Balaban J connectivity index is 1.98. The van der Waals surface area contributed by atoms with Crippen LogP contribution >= 0.6 is 11.6 Å². The maximum Gasteiger partial charge on any atom is 0.311 e. The van der Waals surface area contributed by atoms with E-state index in [-0.39, 0.29) is 16.7 Å². The molecule has 0 fully saturated rings. The van der Waals surface area contributed by atoms with Crippen LogP contribution in [-0.2, 0) is 13.1 Å². The Morgan fingerprint density at radius 2 is 1.38 bits per heavy atom. The van der Waals surface area contributed by atoms with Crippen molar-refractivity contribution in [1.29, 1.82) is 0 Å². The molecule has 0 bridgehead atoms. The minimum Gasteiger partial charge on any atom is -0.497 e. The van der Waals surface area contributed by atoms with Gasteiger partial charge in [0.1, 0.15) is 16.7 Å². The van der Waals surface area contributed by atoms with Gasteiger partial charge in [-0.3, -0.25) is 10.1 Å². The SMILES string of the molecule is COc1ccc(CN(Cc2ccc(OC)cc2)c2nc(Cl)ccc2[N+](=O)[O-])cc1. The minimum atomic E-state index is -0.451. The first-order valence-electron chi connectivity index (χ1n) is 8.82. The second kappa shape index (κ2) is 9.25. The highest BCUT2D eigenvalue weighted by Crippen LogP contribution is 2.30. The van der Waals surface area contributed by atoms with Crippen molar-refractivity contribution in [2.75, 3.05) is 19.1 Å². The Kier molecular flexibility index (Phi) is 6.51. The molecule has 0 unspecified atom stereocenters. The first kappa shape index (κ1) is 20.4. The number of hydrogen-bond donors (Lipinski definition) is 0. The zero-order valence-electron chi connectivity index (χ0n) is 16.0. The van der Waals surface area contributed by atoms with Gasteiger partial charge in [0.05, 0.1) is 19.1 Å². The Morgan fingerprint density at radius 1 is 0.897 bits per heavy atom. The molecule has 0 saturated carbocycles. The van der Waals surface area contributed by atoms with Gasteiger partial charge in [0, 0.05) is 19.2 Å². The Hall–Kier alpha value is -3.32. The van der Waals surface area contributed by atoms with E-state index in [1.165, 1.54) is 12.1 Å². The summed E-state index contributed by atoms with van der Waals surface area (Å²) in [6.07, 6.45) is 0. The van der Waals surface area contributed by atoms with Crippen LogP contribution in [0.1, 0.15) is 11.1 Å². The molecule has 1 heterocycles. The number of methoxy groups -OCH3 is 2. The van der Waals surface area contributed by atoms with Crippen LogP contribution in [0.15, 0.2) is 60.7 Å². The fraction of sp³-hybridized carbons (Fsp3) is 0.190. The molecule has 3 rings (SSSR count). The van der Waals surface area contributed by atoms with Gasteiger partial charge in [0.25, 0.3) is 0 Å². The van der Waals surface area contributed by atoms with Gasteiger partial charge in [-0.1, -0.05) is 35.9 Å². The van der Waals surface area contributed by atoms with Gasteiger partial charge in [0.2, 0.25) is 5.82 Å². The molecule has 7 nitrogen and oxygen atoms in total. The monoisotopic (exact) mass is 413 g/mol. The predicted molar refractivity (Wildman–Crippen MR) is 112 cm³/mol. The number of hydrogen-bond acceptors (Lipinski definition) is 6. The lowest BCUT2D eigenvalue weighted by molar-refractivity contribution is -0.384. The number of anilines is 1. The van der Waals surface area contributed by atoms with Crippen LogP contribution in [0.4, 0.5) is 11.5 Å². The van der Waals surface area contributed by atoms with Crippen molar-refractivity contribution in [3.8, 4) is 11.5 Å². The fourth-order valence-electron chi connectivity index (χ4n) is 2.90. The highest BCUT2D eigenvalue weighted by Gasteiger charge is 2.22.